The SMILES string of the molecule is CCCn1c(CCNC(=O)c2ccccc2OC)nc2cccnc21. The van der Waals surface area contributed by atoms with Crippen molar-refractivity contribution in [2.45, 2.75) is 26.3 Å². The Kier molecular flexibility index (Phi) is 5.28. The summed E-state index contributed by atoms with van der Waals surface area (Å²) in [6.45, 7) is 3.50. The van der Waals surface area contributed by atoms with Crippen molar-refractivity contribution in [1.82, 2.24) is 19.9 Å². The van der Waals surface area contributed by atoms with Gasteiger partial charge in [0.05, 0.1) is 12.7 Å². The summed E-state index contributed by atoms with van der Waals surface area (Å²) in [5, 5.41) is 2.94. The summed E-state index contributed by atoms with van der Waals surface area (Å²) in [4.78, 5) is 21.5. The van der Waals surface area contributed by atoms with Crippen LogP contribution in [0.3, 0.4) is 0 Å². The maximum atomic E-state index is 12.4. The number of nitrogens with zero attached hydrogens (tertiary/aromatic N) is 3. The Balaban J connectivity index is 1.70. The van der Waals surface area contributed by atoms with E-state index in [9.17, 15) is 4.79 Å². The standard InChI is InChI=1S/C19H22N4O2/c1-3-13-23-17(22-15-8-6-11-20-18(15)23)10-12-21-19(24)14-7-4-5-9-16(14)25-2/h4-9,11H,3,10,12-13H2,1-2H3,(H,21,24). The Morgan fingerprint density at radius 3 is 2.88 bits per heavy atom. The minimum atomic E-state index is -0.145. The number of fused-ring (bicyclic) bond motifs is 1. The van der Waals surface area contributed by atoms with Crippen LogP contribution in [-0.4, -0.2) is 34.1 Å². The highest BCUT2D eigenvalue weighted by atomic mass is 16.5. The van der Waals surface area contributed by atoms with E-state index in [0.717, 1.165) is 30.0 Å². The second kappa shape index (κ2) is 7.79. The highest BCUT2D eigenvalue weighted by Crippen LogP contribution is 2.17. The van der Waals surface area contributed by atoms with Gasteiger partial charge in [0.25, 0.3) is 5.91 Å². The maximum absolute atomic E-state index is 12.4. The van der Waals surface area contributed by atoms with Crippen LogP contribution in [0.5, 0.6) is 5.75 Å². The third-order valence-electron chi connectivity index (χ3n) is 4.02. The van der Waals surface area contributed by atoms with Crippen LogP contribution in [-0.2, 0) is 13.0 Å². The normalized spacial score (nSPS) is 10.8. The number of methoxy groups -OCH3 is 1. The molecule has 1 N–H and O–H groups in total. The highest BCUT2D eigenvalue weighted by molar-refractivity contribution is 5.96. The largest absolute Gasteiger partial charge is 0.496 e. The van der Waals surface area contributed by atoms with Gasteiger partial charge in [0.15, 0.2) is 5.65 Å². The number of carbonyl (C=O) groups excluding carboxylic acids is 1. The zero-order valence-electron chi connectivity index (χ0n) is 14.5. The molecule has 2 heterocycles. The third-order valence-corrected chi connectivity index (χ3v) is 4.02. The molecule has 0 atom stereocenters. The zero-order valence-corrected chi connectivity index (χ0v) is 14.5. The first-order valence-electron chi connectivity index (χ1n) is 8.46. The van der Waals surface area contributed by atoms with Crippen molar-refractivity contribution in [2.75, 3.05) is 13.7 Å². The molecule has 25 heavy (non-hydrogen) atoms. The zero-order chi connectivity index (χ0) is 17.6. The number of para-hydroxylation sites is 1. The van der Waals surface area contributed by atoms with Gasteiger partial charge in [0, 0.05) is 25.7 Å². The summed E-state index contributed by atoms with van der Waals surface area (Å²) in [7, 11) is 1.56. The van der Waals surface area contributed by atoms with Crippen LogP contribution in [0.2, 0.25) is 0 Å². The number of ether oxygens (including phenoxy) is 1. The second-order valence-corrected chi connectivity index (χ2v) is 5.73. The van der Waals surface area contributed by atoms with E-state index in [2.05, 4.69) is 26.8 Å². The summed E-state index contributed by atoms with van der Waals surface area (Å²) in [6.07, 6.45) is 3.43. The van der Waals surface area contributed by atoms with Crippen LogP contribution in [0.4, 0.5) is 0 Å². The molecule has 130 valence electrons. The molecule has 3 aromatic rings. The molecule has 0 saturated heterocycles. The lowest BCUT2D eigenvalue weighted by Crippen LogP contribution is -2.27. The molecule has 0 fully saturated rings. The smallest absolute Gasteiger partial charge is 0.255 e. The molecular weight excluding hydrogens is 316 g/mol. The topological polar surface area (TPSA) is 69.0 Å². The lowest BCUT2D eigenvalue weighted by molar-refractivity contribution is 0.0951. The number of aromatic nitrogens is 3. The van der Waals surface area contributed by atoms with Crippen LogP contribution in [0, 0.1) is 0 Å². The fourth-order valence-electron chi connectivity index (χ4n) is 2.87. The summed E-state index contributed by atoms with van der Waals surface area (Å²) >= 11 is 0. The Hall–Kier alpha value is -2.89. The molecule has 0 unspecified atom stereocenters. The van der Waals surface area contributed by atoms with Crippen LogP contribution in [0.25, 0.3) is 11.2 Å². The van der Waals surface area contributed by atoms with E-state index in [1.54, 1.807) is 25.4 Å². The van der Waals surface area contributed by atoms with Crippen LogP contribution in [0.1, 0.15) is 29.5 Å². The molecule has 0 aliphatic rings. The number of imidazole rings is 1. The van der Waals surface area contributed by atoms with Gasteiger partial charge in [-0.05, 0) is 30.7 Å². The van der Waals surface area contributed by atoms with E-state index >= 15 is 0 Å². The van der Waals surface area contributed by atoms with Gasteiger partial charge < -0.3 is 14.6 Å². The molecule has 2 aromatic heterocycles. The first-order chi connectivity index (χ1) is 12.2. The number of benzene rings is 1. The molecular formula is C19H22N4O2. The number of amides is 1. The lowest BCUT2D eigenvalue weighted by Gasteiger charge is -2.10. The summed E-state index contributed by atoms with van der Waals surface area (Å²) in [5.41, 5.74) is 2.33. The first-order valence-corrected chi connectivity index (χ1v) is 8.46. The fourth-order valence-corrected chi connectivity index (χ4v) is 2.87. The average molecular weight is 338 g/mol. The van der Waals surface area contributed by atoms with Crippen LogP contribution in [0.15, 0.2) is 42.6 Å². The van der Waals surface area contributed by atoms with Crippen molar-refractivity contribution in [3.05, 3.63) is 54.0 Å². The molecule has 3 rings (SSSR count). The molecule has 0 bridgehead atoms. The highest BCUT2D eigenvalue weighted by Gasteiger charge is 2.13. The van der Waals surface area contributed by atoms with Crippen molar-refractivity contribution in [3.8, 4) is 5.75 Å². The Morgan fingerprint density at radius 1 is 1.24 bits per heavy atom. The van der Waals surface area contributed by atoms with Crippen molar-refractivity contribution < 1.29 is 9.53 Å². The monoisotopic (exact) mass is 338 g/mol. The van der Waals surface area contributed by atoms with Gasteiger partial charge in [-0.25, -0.2) is 9.97 Å². The van der Waals surface area contributed by atoms with Gasteiger partial charge in [-0.1, -0.05) is 19.1 Å². The predicted molar refractivity (Wildman–Crippen MR) is 96.9 cm³/mol. The van der Waals surface area contributed by atoms with Crippen molar-refractivity contribution in [2.24, 2.45) is 0 Å². The van der Waals surface area contributed by atoms with E-state index < -0.39 is 0 Å². The lowest BCUT2D eigenvalue weighted by atomic mass is 10.2. The average Bonchev–Trinajstić information content (AvgIpc) is 2.99. The van der Waals surface area contributed by atoms with Crippen molar-refractivity contribution in [1.29, 1.82) is 0 Å². The Bertz CT molecular complexity index is 873. The fraction of sp³-hybridized carbons (Fsp3) is 0.316. The van der Waals surface area contributed by atoms with Crippen LogP contribution < -0.4 is 10.1 Å². The molecule has 0 saturated carbocycles. The number of rotatable bonds is 7. The minimum absolute atomic E-state index is 0.145. The van der Waals surface area contributed by atoms with E-state index in [1.807, 2.05) is 24.3 Å². The number of aryl methyl sites for hydroxylation is 1. The molecule has 0 spiro atoms. The van der Waals surface area contributed by atoms with Gasteiger partial charge in [-0.3, -0.25) is 4.79 Å². The predicted octanol–water partition coefficient (Wildman–Crippen LogP) is 2.82. The molecule has 0 aliphatic heterocycles. The summed E-state index contributed by atoms with van der Waals surface area (Å²) < 4.78 is 7.37. The number of hydrogen-bond donors (Lipinski definition) is 1. The van der Waals surface area contributed by atoms with E-state index in [-0.39, 0.29) is 5.91 Å². The molecule has 1 aromatic carbocycles. The van der Waals surface area contributed by atoms with E-state index in [1.165, 1.54) is 0 Å². The summed E-state index contributed by atoms with van der Waals surface area (Å²) in [5.74, 6) is 1.37. The molecule has 6 heteroatoms. The van der Waals surface area contributed by atoms with E-state index in [0.29, 0.717) is 24.3 Å². The molecule has 6 nitrogen and oxygen atoms in total. The second-order valence-electron chi connectivity index (χ2n) is 5.73. The number of nitrogens with one attached hydrogen (secondary N) is 1. The number of pyridine rings is 1. The Morgan fingerprint density at radius 2 is 2.08 bits per heavy atom. The number of hydrogen-bond acceptors (Lipinski definition) is 4. The maximum Gasteiger partial charge on any atom is 0.255 e. The van der Waals surface area contributed by atoms with Gasteiger partial charge in [0.2, 0.25) is 0 Å². The van der Waals surface area contributed by atoms with Crippen molar-refractivity contribution in [3.63, 3.8) is 0 Å². The summed E-state index contributed by atoms with van der Waals surface area (Å²) in [6, 6.07) is 11.1. The quantitative estimate of drug-likeness (QED) is 0.719. The van der Waals surface area contributed by atoms with Crippen LogP contribution >= 0.6 is 0 Å². The number of carbonyl (C=O) groups is 1. The minimum Gasteiger partial charge on any atom is -0.496 e. The van der Waals surface area contributed by atoms with Crippen molar-refractivity contribution >= 4 is 17.1 Å². The molecule has 1 amide bonds. The van der Waals surface area contributed by atoms with Gasteiger partial charge in [-0.15, -0.1) is 0 Å². The third kappa shape index (κ3) is 3.63. The van der Waals surface area contributed by atoms with Gasteiger partial charge >= 0.3 is 0 Å². The Labute approximate surface area is 146 Å². The van der Waals surface area contributed by atoms with Gasteiger partial charge in [-0.2, -0.15) is 0 Å². The molecule has 0 aliphatic carbocycles. The molecule has 0 radical (unpaired) electrons. The van der Waals surface area contributed by atoms with E-state index in [4.69, 9.17) is 4.74 Å². The van der Waals surface area contributed by atoms with Gasteiger partial charge in [0.1, 0.15) is 17.1 Å². The first kappa shape index (κ1) is 17.0.